The van der Waals surface area contributed by atoms with Crippen molar-refractivity contribution in [3.05, 3.63) is 63.6 Å². The maximum Gasteiger partial charge on any atom is 0.446 e. The van der Waals surface area contributed by atoms with Crippen molar-refractivity contribution in [2.45, 2.75) is 10.4 Å². The minimum Gasteiger partial charge on any atom is -0.387 e. The van der Waals surface area contributed by atoms with Crippen LogP contribution in [0.4, 0.5) is 22.0 Å². The Kier molecular flexibility index (Phi) is 4.80. The first-order chi connectivity index (χ1) is 12.2. The van der Waals surface area contributed by atoms with Crippen LogP contribution < -0.4 is 5.76 Å². The second-order valence-corrected chi connectivity index (χ2v) is 6.39. The summed E-state index contributed by atoms with van der Waals surface area (Å²) in [6.07, 6.45) is 0. The first-order valence-electron chi connectivity index (χ1n) is 6.76. The van der Waals surface area contributed by atoms with E-state index in [1.807, 2.05) is 0 Å². The molecule has 3 aromatic rings. The molecule has 0 fully saturated rings. The summed E-state index contributed by atoms with van der Waals surface area (Å²) < 4.78 is 70.3. The van der Waals surface area contributed by atoms with Gasteiger partial charge in [0.25, 0.3) is 5.89 Å². The smallest absolute Gasteiger partial charge is 0.387 e. The molecular weight excluding hydrogens is 403 g/mol. The molecule has 3 rings (SSSR count). The molecule has 2 aromatic carbocycles. The van der Waals surface area contributed by atoms with Crippen LogP contribution in [0.1, 0.15) is 0 Å². The van der Waals surface area contributed by atoms with E-state index in [0.717, 1.165) is 18.2 Å². The van der Waals surface area contributed by atoms with E-state index >= 15 is 0 Å². The Balaban J connectivity index is 2.04. The van der Waals surface area contributed by atoms with Crippen LogP contribution in [0.15, 0.2) is 50.5 Å². The first-order valence-corrected chi connectivity index (χ1v) is 7.95. The maximum atomic E-state index is 14.1. The van der Waals surface area contributed by atoms with Crippen molar-refractivity contribution in [2.75, 3.05) is 0 Å². The summed E-state index contributed by atoms with van der Waals surface area (Å²) in [5.74, 6) is -3.61. The van der Waals surface area contributed by atoms with Crippen molar-refractivity contribution < 1.29 is 26.4 Å². The van der Waals surface area contributed by atoms with Crippen LogP contribution >= 0.6 is 23.4 Å². The highest BCUT2D eigenvalue weighted by Crippen LogP contribution is 2.37. The highest BCUT2D eigenvalue weighted by molar-refractivity contribution is 8.00. The van der Waals surface area contributed by atoms with Crippen molar-refractivity contribution in [3.8, 4) is 17.1 Å². The Bertz CT molecular complexity index is 1010. The lowest BCUT2D eigenvalue weighted by molar-refractivity contribution is -0.0328. The number of nitrogens with zero attached hydrogens (tertiary/aromatic N) is 2. The third-order valence-corrected chi connectivity index (χ3v) is 4.14. The lowest BCUT2D eigenvalue weighted by Gasteiger charge is -2.07. The summed E-state index contributed by atoms with van der Waals surface area (Å²) >= 11 is 5.34. The molecule has 136 valence electrons. The van der Waals surface area contributed by atoms with E-state index in [2.05, 4.69) is 5.10 Å². The molecule has 26 heavy (non-hydrogen) atoms. The monoisotopic (exact) mass is 408 g/mol. The molecule has 0 saturated heterocycles. The zero-order valence-corrected chi connectivity index (χ0v) is 13.9. The van der Waals surface area contributed by atoms with Crippen LogP contribution in [-0.2, 0) is 0 Å². The van der Waals surface area contributed by atoms with Gasteiger partial charge in [-0.05, 0) is 42.1 Å². The van der Waals surface area contributed by atoms with Gasteiger partial charge >= 0.3 is 11.3 Å². The predicted octanol–water partition coefficient (Wildman–Crippen LogP) is 5.04. The molecule has 0 N–H and O–H groups in total. The third-order valence-electron chi connectivity index (χ3n) is 3.11. The molecule has 0 atom stereocenters. The van der Waals surface area contributed by atoms with Crippen LogP contribution in [0.2, 0.25) is 5.02 Å². The third kappa shape index (κ3) is 3.75. The molecule has 1 heterocycles. The Morgan fingerprint density at radius 1 is 1.12 bits per heavy atom. The number of rotatable bonds is 3. The van der Waals surface area contributed by atoms with E-state index in [1.54, 1.807) is 0 Å². The first kappa shape index (κ1) is 18.5. The van der Waals surface area contributed by atoms with Crippen molar-refractivity contribution >= 4 is 23.4 Å². The molecule has 0 amide bonds. The average molecular weight is 409 g/mol. The highest BCUT2D eigenvalue weighted by atomic mass is 35.5. The fraction of sp³-hybridized carbons (Fsp3) is 0.0667. The van der Waals surface area contributed by atoms with E-state index in [0.29, 0.717) is 10.7 Å². The van der Waals surface area contributed by atoms with Gasteiger partial charge in [-0.2, -0.15) is 17.9 Å². The fourth-order valence-electron chi connectivity index (χ4n) is 2.09. The summed E-state index contributed by atoms with van der Waals surface area (Å²) in [5, 5.41) is 3.59. The summed E-state index contributed by atoms with van der Waals surface area (Å²) in [4.78, 5) is 11.5. The van der Waals surface area contributed by atoms with Gasteiger partial charge < -0.3 is 4.42 Å². The second kappa shape index (κ2) is 6.76. The van der Waals surface area contributed by atoms with Gasteiger partial charge in [-0.25, -0.2) is 13.6 Å². The molecule has 11 heteroatoms. The van der Waals surface area contributed by atoms with Crippen LogP contribution in [0.25, 0.3) is 17.1 Å². The predicted molar refractivity (Wildman–Crippen MR) is 84.4 cm³/mol. The quantitative estimate of drug-likeness (QED) is 0.450. The average Bonchev–Trinajstić information content (AvgIpc) is 2.87. The summed E-state index contributed by atoms with van der Waals surface area (Å²) in [7, 11) is 0. The minimum atomic E-state index is -4.59. The molecular formula is C15H6ClF5N2O2S. The zero-order valence-electron chi connectivity index (χ0n) is 12.4. The molecule has 0 aliphatic carbocycles. The number of aromatic nitrogens is 2. The van der Waals surface area contributed by atoms with Crippen LogP contribution in [0.3, 0.4) is 0 Å². The van der Waals surface area contributed by atoms with Gasteiger partial charge in [-0.15, -0.1) is 5.10 Å². The summed E-state index contributed by atoms with van der Waals surface area (Å²) in [6.45, 7) is 0. The molecule has 0 aliphatic heterocycles. The molecule has 0 unspecified atom stereocenters. The van der Waals surface area contributed by atoms with Crippen LogP contribution in [0, 0.1) is 11.6 Å². The molecule has 0 aliphatic rings. The lowest BCUT2D eigenvalue weighted by atomic mass is 10.2. The van der Waals surface area contributed by atoms with Crippen molar-refractivity contribution in [2.24, 2.45) is 0 Å². The number of alkyl halides is 3. The normalized spacial score (nSPS) is 11.8. The summed E-state index contributed by atoms with van der Waals surface area (Å²) in [6, 6.07) is 6.22. The van der Waals surface area contributed by atoms with Gasteiger partial charge in [0.05, 0.1) is 10.6 Å². The zero-order chi connectivity index (χ0) is 19.1. The van der Waals surface area contributed by atoms with E-state index in [1.165, 1.54) is 12.1 Å². The Hall–Kier alpha value is -2.33. The van der Waals surface area contributed by atoms with Gasteiger partial charge in [0.1, 0.15) is 17.3 Å². The Labute approximate surface area is 151 Å². The maximum absolute atomic E-state index is 14.1. The number of hydrogen-bond acceptors (Lipinski definition) is 4. The van der Waals surface area contributed by atoms with E-state index in [-0.39, 0.29) is 10.6 Å². The van der Waals surface area contributed by atoms with Gasteiger partial charge in [-0.1, -0.05) is 17.7 Å². The largest absolute Gasteiger partial charge is 0.446 e. The van der Waals surface area contributed by atoms with Gasteiger partial charge in [0, 0.05) is 4.90 Å². The molecule has 0 radical (unpaired) electrons. The molecule has 4 nitrogen and oxygen atoms in total. The number of thioether (sulfide) groups is 1. The van der Waals surface area contributed by atoms with E-state index in [4.69, 9.17) is 16.0 Å². The van der Waals surface area contributed by atoms with Crippen LogP contribution in [-0.4, -0.2) is 15.3 Å². The van der Waals surface area contributed by atoms with E-state index in [9.17, 15) is 26.7 Å². The fourth-order valence-corrected chi connectivity index (χ4v) is 2.90. The van der Waals surface area contributed by atoms with Gasteiger partial charge in [0.2, 0.25) is 0 Å². The topological polar surface area (TPSA) is 48.0 Å². The number of hydrogen-bond donors (Lipinski definition) is 0. The highest BCUT2D eigenvalue weighted by Gasteiger charge is 2.30. The molecule has 0 spiro atoms. The Morgan fingerprint density at radius 2 is 1.85 bits per heavy atom. The second-order valence-electron chi connectivity index (χ2n) is 4.84. The molecule has 1 aromatic heterocycles. The van der Waals surface area contributed by atoms with Crippen molar-refractivity contribution in [3.63, 3.8) is 0 Å². The standard InChI is InChI=1S/C15H6ClF5N2O2S/c16-8-2-1-3-9(17)12(8)13-22-23(14(24)25-13)11-5-4-7(6-10(11)18)26-15(19,20)21/h1-6H. The van der Waals surface area contributed by atoms with Gasteiger partial charge in [0.15, 0.2) is 0 Å². The SMILES string of the molecule is O=c1oc(-c2c(F)cccc2Cl)nn1-c1ccc(SC(F)(F)F)cc1F. The van der Waals surface area contributed by atoms with Crippen molar-refractivity contribution in [1.82, 2.24) is 9.78 Å². The lowest BCUT2D eigenvalue weighted by Crippen LogP contribution is -2.15. The summed E-state index contributed by atoms with van der Waals surface area (Å²) in [5.41, 5.74) is -5.34. The number of benzene rings is 2. The number of halogens is 6. The molecule has 0 bridgehead atoms. The molecule has 0 saturated carbocycles. The van der Waals surface area contributed by atoms with Gasteiger partial charge in [-0.3, -0.25) is 0 Å². The Morgan fingerprint density at radius 3 is 2.46 bits per heavy atom. The minimum absolute atomic E-state index is 0.0872. The van der Waals surface area contributed by atoms with Crippen molar-refractivity contribution in [1.29, 1.82) is 0 Å². The van der Waals surface area contributed by atoms with E-state index < -0.39 is 51.1 Å². The van der Waals surface area contributed by atoms with Crippen LogP contribution in [0.5, 0.6) is 0 Å².